The van der Waals surface area contributed by atoms with Gasteiger partial charge in [0.1, 0.15) is 11.9 Å². The molecule has 3 heterocycles. The summed E-state index contributed by atoms with van der Waals surface area (Å²) in [7, 11) is 1.96. The van der Waals surface area contributed by atoms with Gasteiger partial charge in [0.05, 0.1) is 23.7 Å². The minimum Gasteiger partial charge on any atom is -0.367 e. The molecule has 6 heteroatoms. The molecule has 0 N–H and O–H groups in total. The second kappa shape index (κ2) is 5.38. The number of rotatable bonds is 2. The van der Waals surface area contributed by atoms with Crippen LogP contribution in [0.4, 0.5) is 0 Å². The fraction of sp³-hybridized carbons (Fsp3) is 0.429. The predicted octanol–water partition coefficient (Wildman–Crippen LogP) is 2.00. The molecule has 1 atom stereocenters. The predicted molar refractivity (Wildman–Crippen MR) is 76.9 cm³/mol. The van der Waals surface area contributed by atoms with Crippen molar-refractivity contribution < 1.29 is 9.53 Å². The number of hydrogen-bond acceptors (Lipinski definition) is 4. The summed E-state index contributed by atoms with van der Waals surface area (Å²) in [6.07, 6.45) is 1.82. The third kappa shape index (κ3) is 2.48. The van der Waals surface area contributed by atoms with Crippen LogP contribution in [0.2, 0.25) is 0 Å². The number of ether oxygens (including phenoxy) is 1. The molecule has 1 amide bonds. The molecule has 2 aromatic rings. The molecule has 1 fully saturated rings. The summed E-state index contributed by atoms with van der Waals surface area (Å²) >= 11 is 1.48. The van der Waals surface area contributed by atoms with Crippen molar-refractivity contribution in [1.29, 1.82) is 0 Å². The van der Waals surface area contributed by atoms with Crippen LogP contribution in [-0.2, 0) is 11.8 Å². The Balaban J connectivity index is 1.77. The monoisotopic (exact) mass is 291 g/mol. The SMILES string of the molecule is Cc1cn(C)c(C2CN(C(=O)c3cccs3)CCO2)n1. The van der Waals surface area contributed by atoms with E-state index in [9.17, 15) is 4.79 Å². The second-order valence-electron chi connectivity index (χ2n) is 4.94. The van der Waals surface area contributed by atoms with E-state index in [0.29, 0.717) is 19.7 Å². The molecule has 0 radical (unpaired) electrons. The third-order valence-corrected chi connectivity index (χ3v) is 4.26. The van der Waals surface area contributed by atoms with Gasteiger partial charge >= 0.3 is 0 Å². The Bertz CT molecular complexity index is 606. The number of nitrogens with zero attached hydrogens (tertiary/aromatic N) is 3. The van der Waals surface area contributed by atoms with Crippen LogP contribution in [0.3, 0.4) is 0 Å². The normalized spacial score (nSPS) is 19.3. The average molecular weight is 291 g/mol. The van der Waals surface area contributed by atoms with E-state index in [-0.39, 0.29) is 12.0 Å². The number of carbonyl (C=O) groups is 1. The Hall–Kier alpha value is -1.66. The maximum Gasteiger partial charge on any atom is 0.264 e. The standard InChI is InChI=1S/C14H17N3O2S/c1-10-8-16(2)13(15-10)11-9-17(5-6-19-11)14(18)12-4-3-7-20-12/h3-4,7-8,11H,5-6,9H2,1-2H3. The molecule has 20 heavy (non-hydrogen) atoms. The molecule has 1 unspecified atom stereocenters. The first kappa shape index (κ1) is 13.3. The number of aryl methyl sites for hydroxylation is 2. The second-order valence-corrected chi connectivity index (χ2v) is 5.89. The van der Waals surface area contributed by atoms with E-state index in [4.69, 9.17) is 4.74 Å². The summed E-state index contributed by atoms with van der Waals surface area (Å²) in [5.74, 6) is 0.963. The molecule has 1 aliphatic rings. The molecular weight excluding hydrogens is 274 g/mol. The average Bonchev–Trinajstić information content (AvgIpc) is 3.08. The summed E-state index contributed by atoms with van der Waals surface area (Å²) in [5.41, 5.74) is 0.966. The van der Waals surface area contributed by atoms with Crippen molar-refractivity contribution in [2.24, 2.45) is 7.05 Å². The maximum atomic E-state index is 12.4. The topological polar surface area (TPSA) is 47.4 Å². The largest absolute Gasteiger partial charge is 0.367 e. The van der Waals surface area contributed by atoms with Gasteiger partial charge < -0.3 is 14.2 Å². The Morgan fingerprint density at radius 2 is 2.40 bits per heavy atom. The fourth-order valence-electron chi connectivity index (χ4n) is 2.48. The first-order valence-electron chi connectivity index (χ1n) is 6.59. The summed E-state index contributed by atoms with van der Waals surface area (Å²) in [6.45, 7) is 3.70. The molecule has 106 valence electrons. The van der Waals surface area contributed by atoms with E-state index >= 15 is 0 Å². The van der Waals surface area contributed by atoms with Gasteiger partial charge in [0.25, 0.3) is 5.91 Å². The van der Waals surface area contributed by atoms with Crippen molar-refractivity contribution in [1.82, 2.24) is 14.5 Å². The Morgan fingerprint density at radius 1 is 1.55 bits per heavy atom. The molecule has 0 aliphatic carbocycles. The summed E-state index contributed by atoms with van der Waals surface area (Å²) < 4.78 is 7.75. The molecule has 5 nitrogen and oxygen atoms in total. The van der Waals surface area contributed by atoms with Gasteiger partial charge in [0.15, 0.2) is 0 Å². The van der Waals surface area contributed by atoms with Gasteiger partial charge in [0.2, 0.25) is 0 Å². The zero-order valence-corrected chi connectivity index (χ0v) is 12.4. The molecule has 3 rings (SSSR count). The van der Waals surface area contributed by atoms with Gasteiger partial charge in [-0.1, -0.05) is 6.07 Å². The lowest BCUT2D eigenvalue weighted by Crippen LogP contribution is -2.42. The molecule has 2 aromatic heterocycles. The zero-order valence-electron chi connectivity index (χ0n) is 11.6. The summed E-state index contributed by atoms with van der Waals surface area (Å²) in [4.78, 5) is 19.5. The Kier molecular flexibility index (Phi) is 3.58. The molecule has 0 bridgehead atoms. The van der Waals surface area contributed by atoms with Crippen molar-refractivity contribution in [3.05, 3.63) is 40.1 Å². The van der Waals surface area contributed by atoms with Crippen LogP contribution in [0.15, 0.2) is 23.7 Å². The fourth-order valence-corrected chi connectivity index (χ4v) is 3.17. The number of aromatic nitrogens is 2. The minimum absolute atomic E-state index is 0.0826. The van der Waals surface area contributed by atoms with Crippen LogP contribution in [0, 0.1) is 6.92 Å². The van der Waals surface area contributed by atoms with Gasteiger partial charge in [-0.2, -0.15) is 0 Å². The van der Waals surface area contributed by atoms with Crippen molar-refractivity contribution in [3.63, 3.8) is 0 Å². The van der Waals surface area contributed by atoms with Gasteiger partial charge in [-0.15, -0.1) is 11.3 Å². The van der Waals surface area contributed by atoms with Crippen molar-refractivity contribution in [3.8, 4) is 0 Å². The molecule has 0 spiro atoms. The van der Waals surface area contributed by atoms with E-state index in [1.54, 1.807) is 0 Å². The van der Waals surface area contributed by atoms with E-state index < -0.39 is 0 Å². The number of imidazole rings is 1. The van der Waals surface area contributed by atoms with Crippen LogP contribution in [0.25, 0.3) is 0 Å². The number of hydrogen-bond donors (Lipinski definition) is 0. The van der Waals surface area contributed by atoms with E-state index in [1.807, 2.05) is 47.1 Å². The van der Waals surface area contributed by atoms with Crippen molar-refractivity contribution in [2.45, 2.75) is 13.0 Å². The van der Waals surface area contributed by atoms with Crippen LogP contribution in [-0.4, -0.2) is 40.1 Å². The maximum absolute atomic E-state index is 12.4. The van der Waals surface area contributed by atoms with E-state index in [1.165, 1.54) is 11.3 Å². The first-order chi connectivity index (χ1) is 9.65. The smallest absolute Gasteiger partial charge is 0.264 e. The number of amides is 1. The van der Waals surface area contributed by atoms with E-state index in [0.717, 1.165) is 16.4 Å². The highest BCUT2D eigenvalue weighted by Crippen LogP contribution is 2.23. The van der Waals surface area contributed by atoms with Crippen LogP contribution >= 0.6 is 11.3 Å². The summed E-state index contributed by atoms with van der Waals surface area (Å²) in [6, 6.07) is 3.76. The molecule has 0 saturated carbocycles. The zero-order chi connectivity index (χ0) is 14.1. The molecule has 1 aliphatic heterocycles. The Labute approximate surface area is 121 Å². The van der Waals surface area contributed by atoms with Gasteiger partial charge in [0, 0.05) is 19.8 Å². The van der Waals surface area contributed by atoms with Gasteiger partial charge in [-0.25, -0.2) is 4.98 Å². The van der Waals surface area contributed by atoms with Gasteiger partial charge in [-0.3, -0.25) is 4.79 Å². The lowest BCUT2D eigenvalue weighted by Gasteiger charge is -2.32. The molecule has 0 aromatic carbocycles. The summed E-state index contributed by atoms with van der Waals surface area (Å²) in [5, 5.41) is 1.92. The van der Waals surface area contributed by atoms with Crippen LogP contribution in [0.1, 0.15) is 27.3 Å². The lowest BCUT2D eigenvalue weighted by molar-refractivity contribution is -0.0277. The quantitative estimate of drug-likeness (QED) is 0.850. The van der Waals surface area contributed by atoms with Crippen molar-refractivity contribution in [2.75, 3.05) is 19.7 Å². The first-order valence-corrected chi connectivity index (χ1v) is 7.47. The van der Waals surface area contributed by atoms with Crippen LogP contribution in [0.5, 0.6) is 0 Å². The molecular formula is C14H17N3O2S. The minimum atomic E-state index is -0.147. The highest BCUT2D eigenvalue weighted by molar-refractivity contribution is 7.12. The lowest BCUT2D eigenvalue weighted by atomic mass is 10.2. The molecule has 1 saturated heterocycles. The third-order valence-electron chi connectivity index (χ3n) is 3.41. The van der Waals surface area contributed by atoms with Gasteiger partial charge in [-0.05, 0) is 18.4 Å². The van der Waals surface area contributed by atoms with Crippen LogP contribution < -0.4 is 0 Å². The number of morpholine rings is 1. The number of carbonyl (C=O) groups excluding carboxylic acids is 1. The number of thiophene rings is 1. The van der Waals surface area contributed by atoms with Crippen molar-refractivity contribution >= 4 is 17.2 Å². The van der Waals surface area contributed by atoms with E-state index in [2.05, 4.69) is 4.98 Å². The highest BCUT2D eigenvalue weighted by Gasteiger charge is 2.28. The highest BCUT2D eigenvalue weighted by atomic mass is 32.1. The Morgan fingerprint density at radius 3 is 3.05 bits per heavy atom.